The van der Waals surface area contributed by atoms with Gasteiger partial charge in [0.1, 0.15) is 17.5 Å². The van der Waals surface area contributed by atoms with Crippen LogP contribution in [0.2, 0.25) is 0 Å². The van der Waals surface area contributed by atoms with E-state index in [2.05, 4.69) is 10.8 Å². The van der Waals surface area contributed by atoms with E-state index in [0.29, 0.717) is 17.7 Å². The second-order valence-electron chi connectivity index (χ2n) is 9.83. The third-order valence-electron chi connectivity index (χ3n) is 6.28. The van der Waals surface area contributed by atoms with Gasteiger partial charge in [0.25, 0.3) is 10.2 Å². The van der Waals surface area contributed by atoms with E-state index in [-0.39, 0.29) is 36.3 Å². The highest BCUT2D eigenvalue weighted by atomic mass is 32.2. The fraction of sp³-hybridized carbons (Fsp3) is 0.276. The van der Waals surface area contributed by atoms with Crippen LogP contribution in [0.5, 0.6) is 5.75 Å². The quantitative estimate of drug-likeness (QED) is 0.271. The molecule has 0 radical (unpaired) electrons. The SMILES string of the molecule is Cc1cccn2cc(-c3ccc(C[C@@H](CNS(N)(=O)=O)CC(=O)c4ccc(OC(C)C)c(C#N)c4)cc3)nc12. The second-order valence-corrected chi connectivity index (χ2v) is 11.2. The van der Waals surface area contributed by atoms with Crippen molar-refractivity contribution in [3.05, 3.63) is 89.2 Å². The van der Waals surface area contributed by atoms with Crippen LogP contribution < -0.4 is 14.6 Å². The van der Waals surface area contributed by atoms with Gasteiger partial charge in [-0.25, -0.2) is 14.8 Å². The van der Waals surface area contributed by atoms with Gasteiger partial charge in [0, 0.05) is 36.5 Å². The summed E-state index contributed by atoms with van der Waals surface area (Å²) in [5.41, 5.74) is 5.34. The monoisotopic (exact) mass is 545 g/mol. The minimum Gasteiger partial charge on any atom is -0.490 e. The maximum atomic E-state index is 13.2. The molecule has 39 heavy (non-hydrogen) atoms. The van der Waals surface area contributed by atoms with Crippen LogP contribution in [-0.4, -0.2) is 36.2 Å². The summed E-state index contributed by atoms with van der Waals surface area (Å²) in [5.74, 6) is -0.158. The number of carbonyl (C=O) groups excluding carboxylic acids is 1. The van der Waals surface area contributed by atoms with Gasteiger partial charge in [-0.1, -0.05) is 30.3 Å². The summed E-state index contributed by atoms with van der Waals surface area (Å²) >= 11 is 0. The van der Waals surface area contributed by atoms with E-state index in [1.54, 1.807) is 12.1 Å². The maximum Gasteiger partial charge on any atom is 0.274 e. The van der Waals surface area contributed by atoms with E-state index in [0.717, 1.165) is 28.0 Å². The number of Topliss-reactive ketones (excluding diaryl/α,β-unsaturated/α-hetero) is 1. The lowest BCUT2D eigenvalue weighted by atomic mass is 9.91. The number of benzene rings is 2. The number of carbonyl (C=O) groups is 1. The molecule has 0 bridgehead atoms. The highest BCUT2D eigenvalue weighted by molar-refractivity contribution is 7.87. The number of aryl methyl sites for hydroxylation is 1. The number of pyridine rings is 1. The van der Waals surface area contributed by atoms with Gasteiger partial charge in [-0.15, -0.1) is 0 Å². The summed E-state index contributed by atoms with van der Waals surface area (Å²) in [7, 11) is -3.93. The lowest BCUT2D eigenvalue weighted by Gasteiger charge is -2.17. The van der Waals surface area contributed by atoms with Crippen molar-refractivity contribution in [1.82, 2.24) is 14.1 Å². The number of nitriles is 1. The Morgan fingerprint density at radius 2 is 1.92 bits per heavy atom. The molecule has 4 aromatic rings. The normalized spacial score (nSPS) is 12.4. The number of fused-ring (bicyclic) bond motifs is 1. The van der Waals surface area contributed by atoms with Gasteiger partial charge >= 0.3 is 0 Å². The van der Waals surface area contributed by atoms with Crippen molar-refractivity contribution >= 4 is 21.6 Å². The lowest BCUT2D eigenvalue weighted by molar-refractivity contribution is 0.0961. The third-order valence-corrected chi connectivity index (χ3v) is 6.85. The Kier molecular flexibility index (Phi) is 8.45. The van der Waals surface area contributed by atoms with Crippen LogP contribution in [0.15, 0.2) is 67.0 Å². The van der Waals surface area contributed by atoms with Crippen molar-refractivity contribution in [3.63, 3.8) is 0 Å². The number of hydrogen-bond donors (Lipinski definition) is 2. The Morgan fingerprint density at radius 1 is 1.18 bits per heavy atom. The molecule has 0 aliphatic rings. The van der Waals surface area contributed by atoms with Crippen molar-refractivity contribution in [2.75, 3.05) is 6.54 Å². The number of imidazole rings is 1. The van der Waals surface area contributed by atoms with Crippen LogP contribution in [0.1, 0.15) is 47.3 Å². The van der Waals surface area contributed by atoms with Crippen molar-refractivity contribution in [3.8, 4) is 23.1 Å². The van der Waals surface area contributed by atoms with Crippen molar-refractivity contribution < 1.29 is 17.9 Å². The van der Waals surface area contributed by atoms with E-state index >= 15 is 0 Å². The molecule has 10 heteroatoms. The first kappa shape index (κ1) is 28.0. The van der Waals surface area contributed by atoms with Crippen LogP contribution in [0.3, 0.4) is 0 Å². The summed E-state index contributed by atoms with van der Waals surface area (Å²) in [5, 5.41) is 14.7. The summed E-state index contributed by atoms with van der Waals surface area (Å²) in [6.45, 7) is 5.72. The Morgan fingerprint density at radius 3 is 2.56 bits per heavy atom. The highest BCUT2D eigenvalue weighted by Gasteiger charge is 2.20. The summed E-state index contributed by atoms with van der Waals surface area (Å²) in [6, 6.07) is 18.6. The molecule has 0 aliphatic carbocycles. The standard InChI is InChI=1S/C29H31N5O4S/c1-19(2)38-28-11-10-24(15-25(28)16-30)27(35)14-22(17-32-39(31,36)37)13-21-6-8-23(9-7-21)26-18-34-12-4-5-20(3)29(34)33-26/h4-12,15,18-19,22,32H,13-14,17H2,1-3H3,(H2,31,36,37)/t22-/m1/s1. The molecule has 0 spiro atoms. The molecule has 202 valence electrons. The number of nitrogens with zero attached hydrogens (tertiary/aromatic N) is 3. The van der Waals surface area contributed by atoms with Crippen LogP contribution >= 0.6 is 0 Å². The predicted molar refractivity (Wildman–Crippen MR) is 150 cm³/mol. The number of hydrogen-bond acceptors (Lipinski definition) is 6. The Labute approximate surface area is 228 Å². The molecule has 4 rings (SSSR count). The number of ether oxygens (including phenoxy) is 1. The maximum absolute atomic E-state index is 13.2. The third kappa shape index (κ3) is 7.29. The van der Waals surface area contributed by atoms with E-state index in [1.165, 1.54) is 6.07 Å². The Bertz CT molecular complexity index is 1640. The lowest BCUT2D eigenvalue weighted by Crippen LogP contribution is -2.36. The topological polar surface area (TPSA) is 140 Å². The van der Waals surface area contributed by atoms with Gasteiger partial charge in [-0.3, -0.25) is 4.79 Å². The van der Waals surface area contributed by atoms with Gasteiger partial charge in [-0.05, 0) is 68.5 Å². The Hall–Kier alpha value is -4.04. The molecule has 0 fully saturated rings. The fourth-order valence-corrected chi connectivity index (χ4v) is 4.88. The van der Waals surface area contributed by atoms with Crippen LogP contribution in [-0.2, 0) is 16.6 Å². The van der Waals surface area contributed by atoms with Gasteiger partial charge in [0.05, 0.1) is 17.4 Å². The molecule has 1 atom stereocenters. The molecule has 0 amide bonds. The molecule has 3 N–H and O–H groups in total. The first-order valence-corrected chi connectivity index (χ1v) is 14.1. The number of rotatable bonds is 11. The zero-order valence-electron chi connectivity index (χ0n) is 22.1. The predicted octanol–water partition coefficient (Wildman–Crippen LogP) is 4.19. The van der Waals surface area contributed by atoms with Gasteiger partial charge in [0.2, 0.25) is 0 Å². The molecule has 9 nitrogen and oxygen atoms in total. The average Bonchev–Trinajstić information content (AvgIpc) is 3.33. The van der Waals surface area contributed by atoms with Gasteiger partial charge < -0.3 is 9.14 Å². The summed E-state index contributed by atoms with van der Waals surface area (Å²) in [4.78, 5) is 17.9. The molecule has 0 aliphatic heterocycles. The first-order chi connectivity index (χ1) is 18.5. The number of nitrogens with two attached hydrogens (primary N) is 1. The fourth-order valence-electron chi connectivity index (χ4n) is 4.42. The van der Waals surface area contributed by atoms with Gasteiger partial charge in [-0.2, -0.15) is 13.7 Å². The molecular formula is C29H31N5O4S. The van der Waals surface area contributed by atoms with Crippen molar-refractivity contribution in [2.45, 2.75) is 39.7 Å². The van der Waals surface area contributed by atoms with Crippen LogP contribution in [0.25, 0.3) is 16.9 Å². The second kappa shape index (κ2) is 11.8. The number of aromatic nitrogens is 2. The van der Waals surface area contributed by atoms with Crippen LogP contribution in [0.4, 0.5) is 0 Å². The molecule has 0 saturated carbocycles. The van der Waals surface area contributed by atoms with Crippen molar-refractivity contribution in [1.29, 1.82) is 5.26 Å². The van der Waals surface area contributed by atoms with Crippen LogP contribution in [0, 0.1) is 24.2 Å². The Balaban J connectivity index is 1.52. The highest BCUT2D eigenvalue weighted by Crippen LogP contribution is 2.25. The summed E-state index contributed by atoms with van der Waals surface area (Å²) in [6.07, 6.45) is 4.32. The largest absolute Gasteiger partial charge is 0.490 e. The van der Waals surface area contributed by atoms with Gasteiger partial charge in [0.15, 0.2) is 5.78 Å². The zero-order chi connectivity index (χ0) is 28.2. The molecule has 0 saturated heterocycles. The average molecular weight is 546 g/mol. The molecule has 2 aromatic carbocycles. The summed E-state index contributed by atoms with van der Waals surface area (Å²) < 4.78 is 33.1. The molecular weight excluding hydrogens is 514 g/mol. The smallest absolute Gasteiger partial charge is 0.274 e. The van der Waals surface area contributed by atoms with E-state index < -0.39 is 10.2 Å². The first-order valence-electron chi connectivity index (χ1n) is 12.6. The molecule has 2 aromatic heterocycles. The number of nitrogens with one attached hydrogen (secondary N) is 1. The molecule has 0 unspecified atom stereocenters. The zero-order valence-corrected chi connectivity index (χ0v) is 22.9. The minimum atomic E-state index is -3.93. The van der Waals surface area contributed by atoms with E-state index in [4.69, 9.17) is 14.9 Å². The van der Waals surface area contributed by atoms with Crippen molar-refractivity contribution in [2.24, 2.45) is 11.1 Å². The van der Waals surface area contributed by atoms with E-state index in [1.807, 2.05) is 74.0 Å². The minimum absolute atomic E-state index is 0.00229. The van der Waals surface area contributed by atoms with E-state index in [9.17, 15) is 18.5 Å². The molecule has 2 heterocycles. The number of ketones is 1.